The molecule has 0 aromatic carbocycles. The van der Waals surface area contributed by atoms with Gasteiger partial charge in [-0.15, -0.1) is 11.3 Å². The number of rotatable bonds is 6. The number of thiazole rings is 1. The summed E-state index contributed by atoms with van der Waals surface area (Å²) < 4.78 is 0. The summed E-state index contributed by atoms with van der Waals surface area (Å²) in [6.07, 6.45) is 3.05. The third-order valence-electron chi connectivity index (χ3n) is 2.13. The van der Waals surface area contributed by atoms with Crippen LogP contribution in [-0.4, -0.2) is 17.3 Å². The molecule has 1 heterocycles. The fourth-order valence-electron chi connectivity index (χ4n) is 1.30. The van der Waals surface area contributed by atoms with Crippen LogP contribution in [0.3, 0.4) is 0 Å². The number of nitrogens with zero attached hydrogens (tertiary/aromatic N) is 1. The van der Waals surface area contributed by atoms with Gasteiger partial charge in [0, 0.05) is 17.7 Å². The van der Waals surface area contributed by atoms with Crippen LogP contribution in [0.5, 0.6) is 0 Å². The molecule has 78 valence electrons. The molecule has 14 heavy (non-hydrogen) atoms. The largest absolute Gasteiger partial charge is 0.330 e. The Bertz CT molecular complexity index is 296. The van der Waals surface area contributed by atoms with Crippen molar-refractivity contribution < 1.29 is 4.79 Å². The Balaban J connectivity index is 2.22. The molecule has 0 fully saturated rings. The molecule has 1 aromatic heterocycles. The number of nitrogens with two attached hydrogens (primary N) is 1. The van der Waals surface area contributed by atoms with E-state index in [4.69, 9.17) is 5.73 Å². The van der Waals surface area contributed by atoms with Gasteiger partial charge < -0.3 is 5.73 Å². The first-order valence-corrected chi connectivity index (χ1v) is 5.72. The Kier molecular flexibility index (Phi) is 4.76. The SMILES string of the molecule is Cc1ncsc1CCCC(=O)CCN. The number of aryl methyl sites for hydroxylation is 2. The van der Waals surface area contributed by atoms with E-state index in [0.29, 0.717) is 19.4 Å². The van der Waals surface area contributed by atoms with Gasteiger partial charge in [-0.25, -0.2) is 4.98 Å². The van der Waals surface area contributed by atoms with Crippen LogP contribution in [0, 0.1) is 6.92 Å². The van der Waals surface area contributed by atoms with Gasteiger partial charge in [-0.05, 0) is 26.3 Å². The summed E-state index contributed by atoms with van der Waals surface area (Å²) in [6.45, 7) is 2.48. The Morgan fingerprint density at radius 2 is 2.36 bits per heavy atom. The van der Waals surface area contributed by atoms with Crippen molar-refractivity contribution in [2.24, 2.45) is 5.73 Å². The molecule has 1 rings (SSSR count). The van der Waals surface area contributed by atoms with Crippen molar-refractivity contribution in [2.75, 3.05) is 6.54 Å². The van der Waals surface area contributed by atoms with Crippen LogP contribution in [-0.2, 0) is 11.2 Å². The number of hydrogen-bond donors (Lipinski definition) is 1. The minimum Gasteiger partial charge on any atom is -0.330 e. The number of aromatic nitrogens is 1. The molecule has 1 aromatic rings. The molecule has 0 bridgehead atoms. The van der Waals surface area contributed by atoms with Crippen molar-refractivity contribution in [2.45, 2.75) is 32.6 Å². The zero-order chi connectivity index (χ0) is 10.4. The minimum absolute atomic E-state index is 0.273. The number of carbonyl (C=O) groups excluding carboxylic acids is 1. The molecule has 0 radical (unpaired) electrons. The highest BCUT2D eigenvalue weighted by Gasteiger charge is 2.03. The second kappa shape index (κ2) is 5.88. The average molecular weight is 212 g/mol. The van der Waals surface area contributed by atoms with Gasteiger partial charge in [0.1, 0.15) is 5.78 Å². The predicted octanol–water partition coefficient (Wildman–Crippen LogP) is 1.69. The molecule has 2 N–H and O–H groups in total. The molecule has 4 heteroatoms. The van der Waals surface area contributed by atoms with Gasteiger partial charge in [0.2, 0.25) is 0 Å². The monoisotopic (exact) mass is 212 g/mol. The molecule has 0 aliphatic rings. The van der Waals surface area contributed by atoms with E-state index in [-0.39, 0.29) is 5.78 Å². The lowest BCUT2D eigenvalue weighted by molar-refractivity contribution is -0.118. The highest BCUT2D eigenvalue weighted by Crippen LogP contribution is 2.15. The summed E-state index contributed by atoms with van der Waals surface area (Å²) >= 11 is 1.67. The van der Waals surface area contributed by atoms with Crippen LogP contribution in [0.1, 0.15) is 29.8 Å². The van der Waals surface area contributed by atoms with Crippen molar-refractivity contribution >= 4 is 17.1 Å². The van der Waals surface area contributed by atoms with E-state index in [1.807, 2.05) is 12.4 Å². The lowest BCUT2D eigenvalue weighted by atomic mass is 10.1. The van der Waals surface area contributed by atoms with Crippen LogP contribution in [0.25, 0.3) is 0 Å². The van der Waals surface area contributed by atoms with Crippen molar-refractivity contribution in [1.29, 1.82) is 0 Å². The van der Waals surface area contributed by atoms with Gasteiger partial charge in [-0.2, -0.15) is 0 Å². The van der Waals surface area contributed by atoms with Gasteiger partial charge in [-0.1, -0.05) is 0 Å². The summed E-state index contributed by atoms with van der Waals surface area (Å²) in [4.78, 5) is 16.6. The molecule has 3 nitrogen and oxygen atoms in total. The Morgan fingerprint density at radius 3 is 2.93 bits per heavy atom. The topological polar surface area (TPSA) is 56.0 Å². The smallest absolute Gasteiger partial charge is 0.134 e. The van der Waals surface area contributed by atoms with E-state index in [9.17, 15) is 4.79 Å². The third-order valence-corrected chi connectivity index (χ3v) is 3.12. The number of hydrogen-bond acceptors (Lipinski definition) is 4. The Morgan fingerprint density at radius 1 is 1.57 bits per heavy atom. The van der Waals surface area contributed by atoms with E-state index in [0.717, 1.165) is 18.5 Å². The normalized spacial score (nSPS) is 10.4. The maximum atomic E-state index is 11.2. The van der Waals surface area contributed by atoms with Crippen LogP contribution in [0.4, 0.5) is 0 Å². The molecule has 0 saturated carbocycles. The van der Waals surface area contributed by atoms with Crippen molar-refractivity contribution in [3.63, 3.8) is 0 Å². The number of ketones is 1. The van der Waals surface area contributed by atoms with Crippen LogP contribution < -0.4 is 5.73 Å². The van der Waals surface area contributed by atoms with Gasteiger partial charge >= 0.3 is 0 Å². The zero-order valence-electron chi connectivity index (χ0n) is 8.45. The maximum Gasteiger partial charge on any atom is 0.134 e. The zero-order valence-corrected chi connectivity index (χ0v) is 9.27. The fraction of sp³-hybridized carbons (Fsp3) is 0.600. The summed E-state index contributed by atoms with van der Waals surface area (Å²) in [5, 5.41) is 0. The van der Waals surface area contributed by atoms with Crippen LogP contribution >= 0.6 is 11.3 Å². The van der Waals surface area contributed by atoms with Crippen molar-refractivity contribution in [3.8, 4) is 0 Å². The summed E-state index contributed by atoms with van der Waals surface area (Å²) in [6, 6.07) is 0. The first-order chi connectivity index (χ1) is 6.74. The van der Waals surface area contributed by atoms with Crippen LogP contribution in [0.15, 0.2) is 5.51 Å². The second-order valence-electron chi connectivity index (χ2n) is 3.29. The van der Waals surface area contributed by atoms with Crippen molar-refractivity contribution in [1.82, 2.24) is 4.98 Å². The highest BCUT2D eigenvalue weighted by molar-refractivity contribution is 7.09. The van der Waals surface area contributed by atoms with E-state index in [2.05, 4.69) is 4.98 Å². The lowest BCUT2D eigenvalue weighted by Crippen LogP contribution is -2.07. The average Bonchev–Trinajstić information content (AvgIpc) is 2.52. The second-order valence-corrected chi connectivity index (χ2v) is 4.23. The third kappa shape index (κ3) is 3.55. The molecule has 0 aliphatic carbocycles. The summed E-state index contributed by atoms with van der Waals surface area (Å²) in [5.74, 6) is 0.273. The van der Waals surface area contributed by atoms with E-state index < -0.39 is 0 Å². The predicted molar refractivity (Wildman–Crippen MR) is 58.5 cm³/mol. The Hall–Kier alpha value is -0.740. The van der Waals surface area contributed by atoms with E-state index in [1.54, 1.807) is 11.3 Å². The first kappa shape index (κ1) is 11.3. The molecule has 0 aliphatic heterocycles. The molecular formula is C10H16N2OS. The highest BCUT2D eigenvalue weighted by atomic mass is 32.1. The Labute approximate surface area is 88.3 Å². The van der Waals surface area contributed by atoms with Gasteiger partial charge in [0.25, 0.3) is 0 Å². The molecule has 0 amide bonds. The molecule has 0 saturated heterocycles. The lowest BCUT2D eigenvalue weighted by Gasteiger charge is -1.98. The molecular weight excluding hydrogens is 196 g/mol. The first-order valence-electron chi connectivity index (χ1n) is 4.84. The number of carbonyl (C=O) groups is 1. The maximum absolute atomic E-state index is 11.2. The minimum atomic E-state index is 0.273. The van der Waals surface area contributed by atoms with E-state index >= 15 is 0 Å². The summed E-state index contributed by atoms with van der Waals surface area (Å²) in [7, 11) is 0. The van der Waals surface area contributed by atoms with E-state index in [1.165, 1.54) is 4.88 Å². The molecule has 0 atom stereocenters. The molecule has 0 unspecified atom stereocenters. The van der Waals surface area contributed by atoms with Gasteiger partial charge in [0.05, 0.1) is 11.2 Å². The quantitative estimate of drug-likeness (QED) is 0.780. The van der Waals surface area contributed by atoms with Crippen molar-refractivity contribution in [3.05, 3.63) is 16.1 Å². The molecule has 0 spiro atoms. The number of Topliss-reactive ketones (excluding diaryl/α,β-unsaturated/α-hetero) is 1. The fourth-order valence-corrected chi connectivity index (χ4v) is 2.12. The van der Waals surface area contributed by atoms with Gasteiger partial charge in [0.15, 0.2) is 0 Å². The summed E-state index contributed by atoms with van der Waals surface area (Å²) in [5.41, 5.74) is 8.24. The van der Waals surface area contributed by atoms with Crippen LogP contribution in [0.2, 0.25) is 0 Å². The van der Waals surface area contributed by atoms with Gasteiger partial charge in [-0.3, -0.25) is 4.79 Å². The standard InChI is InChI=1S/C10H16N2OS/c1-8-10(14-7-12-8)4-2-3-9(13)5-6-11/h7H,2-6,11H2,1H3.